The van der Waals surface area contributed by atoms with Gasteiger partial charge in [-0.15, -0.1) is 0 Å². The van der Waals surface area contributed by atoms with E-state index in [-0.39, 0.29) is 5.97 Å². The Morgan fingerprint density at radius 3 is 1.55 bits per heavy atom. The summed E-state index contributed by atoms with van der Waals surface area (Å²) in [4.78, 5) is 11.6. The normalized spacial score (nSPS) is 11.2. The van der Waals surface area contributed by atoms with Crippen molar-refractivity contribution in [2.75, 3.05) is 20.3 Å². The van der Waals surface area contributed by atoms with Gasteiger partial charge in [-0.1, -0.05) is 129 Å². The fraction of sp³-hybridized carbons (Fsp3) is 0.735. The zero-order chi connectivity index (χ0) is 27.5. The highest BCUT2D eigenvalue weighted by Gasteiger charge is 2.06. The Morgan fingerprint density at radius 1 is 0.632 bits per heavy atom. The van der Waals surface area contributed by atoms with Crippen molar-refractivity contribution in [1.29, 1.82) is 0 Å². The van der Waals surface area contributed by atoms with Gasteiger partial charge in [-0.25, -0.2) is 4.79 Å². The van der Waals surface area contributed by atoms with E-state index in [1.165, 1.54) is 129 Å². The van der Waals surface area contributed by atoms with Crippen LogP contribution in [0.2, 0.25) is 0 Å². The number of carbonyl (C=O) groups is 1. The fourth-order valence-corrected chi connectivity index (χ4v) is 4.66. The van der Waals surface area contributed by atoms with Crippen LogP contribution in [0.5, 0.6) is 11.5 Å². The molecule has 0 radical (unpaired) electrons. The van der Waals surface area contributed by atoms with Gasteiger partial charge in [0.2, 0.25) is 0 Å². The highest BCUT2D eigenvalue weighted by atomic mass is 16.5. The predicted octanol–water partition coefficient (Wildman–Crippen LogP) is 10.5. The number of hydrogen-bond donors (Lipinski definition) is 0. The molecule has 4 nitrogen and oxygen atoms in total. The maximum Gasteiger partial charge on any atom is 0.330 e. The van der Waals surface area contributed by atoms with Crippen LogP contribution in [-0.4, -0.2) is 26.3 Å². The quantitative estimate of drug-likeness (QED) is 0.0679. The van der Waals surface area contributed by atoms with Crippen LogP contribution in [0.25, 0.3) is 6.08 Å². The van der Waals surface area contributed by atoms with Gasteiger partial charge in [0.15, 0.2) is 0 Å². The maximum atomic E-state index is 11.6. The van der Waals surface area contributed by atoms with Gasteiger partial charge in [0.25, 0.3) is 0 Å². The van der Waals surface area contributed by atoms with Crippen LogP contribution in [0.15, 0.2) is 24.3 Å². The summed E-state index contributed by atoms with van der Waals surface area (Å²) in [7, 11) is 1.39. The second-order valence-electron chi connectivity index (χ2n) is 10.6. The molecule has 0 saturated carbocycles. The van der Waals surface area contributed by atoms with Crippen LogP contribution in [-0.2, 0) is 9.53 Å². The number of rotatable bonds is 26. The minimum absolute atomic E-state index is 0.373. The lowest BCUT2D eigenvalue weighted by molar-refractivity contribution is -0.134. The Kier molecular flexibility index (Phi) is 22.7. The fourth-order valence-electron chi connectivity index (χ4n) is 4.66. The van der Waals surface area contributed by atoms with Crippen molar-refractivity contribution in [2.24, 2.45) is 0 Å². The standard InChI is InChI=1S/C34H58O4/c1-4-6-8-10-12-14-16-18-20-22-28-37-32-25-26-33(31(30-32)24-27-34(35)36-3)38-29-23-21-19-17-15-13-11-9-7-5-2/h24-27,30H,4-23,28-29H2,1-3H3. The van der Waals surface area contributed by atoms with Crippen molar-refractivity contribution in [3.63, 3.8) is 0 Å². The topological polar surface area (TPSA) is 44.8 Å². The number of carbonyl (C=O) groups excluding carboxylic acids is 1. The van der Waals surface area contributed by atoms with E-state index in [0.717, 1.165) is 36.5 Å². The Labute approximate surface area is 234 Å². The minimum Gasteiger partial charge on any atom is -0.494 e. The second-order valence-corrected chi connectivity index (χ2v) is 10.6. The van der Waals surface area contributed by atoms with Crippen molar-refractivity contribution in [2.45, 2.75) is 142 Å². The van der Waals surface area contributed by atoms with E-state index in [2.05, 4.69) is 13.8 Å². The first-order valence-electron chi connectivity index (χ1n) is 15.9. The van der Waals surface area contributed by atoms with Crippen LogP contribution in [0.1, 0.15) is 148 Å². The molecular formula is C34H58O4. The third-order valence-electron chi connectivity index (χ3n) is 7.10. The monoisotopic (exact) mass is 530 g/mol. The summed E-state index contributed by atoms with van der Waals surface area (Å²) in [6, 6.07) is 5.89. The van der Waals surface area contributed by atoms with Gasteiger partial charge in [-0.3, -0.25) is 0 Å². The van der Waals surface area contributed by atoms with E-state index >= 15 is 0 Å². The third-order valence-corrected chi connectivity index (χ3v) is 7.10. The summed E-state index contributed by atoms with van der Waals surface area (Å²) in [6.07, 6.45) is 29.4. The molecule has 4 heteroatoms. The first kappa shape index (κ1) is 34.1. The zero-order valence-electron chi connectivity index (χ0n) is 25.1. The van der Waals surface area contributed by atoms with Crippen LogP contribution >= 0.6 is 0 Å². The van der Waals surface area contributed by atoms with Gasteiger partial charge in [0.1, 0.15) is 11.5 Å². The van der Waals surface area contributed by atoms with Crippen molar-refractivity contribution in [3.05, 3.63) is 29.8 Å². The van der Waals surface area contributed by atoms with E-state index in [1.807, 2.05) is 18.2 Å². The van der Waals surface area contributed by atoms with Gasteiger partial charge in [-0.05, 0) is 37.1 Å². The molecule has 0 aromatic heterocycles. The van der Waals surface area contributed by atoms with E-state index in [1.54, 1.807) is 6.08 Å². The molecule has 0 N–H and O–H groups in total. The molecule has 1 rings (SSSR count). The van der Waals surface area contributed by atoms with E-state index < -0.39 is 0 Å². The third kappa shape index (κ3) is 19.2. The lowest BCUT2D eigenvalue weighted by Gasteiger charge is -2.12. The summed E-state index contributed by atoms with van der Waals surface area (Å²) in [5.41, 5.74) is 0.850. The molecule has 0 fully saturated rings. The summed E-state index contributed by atoms with van der Waals surface area (Å²) in [5, 5.41) is 0. The second kappa shape index (κ2) is 25.3. The van der Waals surface area contributed by atoms with Gasteiger partial charge in [-0.2, -0.15) is 0 Å². The lowest BCUT2D eigenvalue weighted by atomic mass is 10.1. The van der Waals surface area contributed by atoms with Crippen LogP contribution < -0.4 is 9.47 Å². The Hall–Kier alpha value is -1.97. The van der Waals surface area contributed by atoms with Gasteiger partial charge in [0, 0.05) is 11.6 Å². The summed E-state index contributed by atoms with van der Waals surface area (Å²) in [6.45, 7) is 5.94. The van der Waals surface area contributed by atoms with Gasteiger partial charge >= 0.3 is 5.97 Å². The molecule has 0 amide bonds. The average molecular weight is 531 g/mol. The average Bonchev–Trinajstić information content (AvgIpc) is 2.94. The minimum atomic E-state index is -0.373. The molecule has 0 bridgehead atoms. The molecule has 0 spiro atoms. The van der Waals surface area contributed by atoms with Crippen molar-refractivity contribution in [3.8, 4) is 11.5 Å². The first-order chi connectivity index (χ1) is 18.7. The number of unbranched alkanes of at least 4 members (excludes halogenated alkanes) is 18. The predicted molar refractivity (Wildman–Crippen MR) is 162 cm³/mol. The van der Waals surface area contributed by atoms with Crippen molar-refractivity contribution in [1.82, 2.24) is 0 Å². The molecule has 218 valence electrons. The van der Waals surface area contributed by atoms with Crippen molar-refractivity contribution < 1.29 is 19.0 Å². The highest BCUT2D eigenvalue weighted by molar-refractivity contribution is 5.87. The number of methoxy groups -OCH3 is 1. The summed E-state index contributed by atoms with van der Waals surface area (Å²) < 4.78 is 16.9. The van der Waals surface area contributed by atoms with Gasteiger partial charge in [0.05, 0.1) is 20.3 Å². The van der Waals surface area contributed by atoms with Crippen molar-refractivity contribution >= 4 is 12.0 Å². The Morgan fingerprint density at radius 2 is 1.08 bits per heavy atom. The molecule has 1 aromatic rings. The van der Waals surface area contributed by atoms with Crippen LogP contribution in [0.3, 0.4) is 0 Å². The first-order valence-corrected chi connectivity index (χ1v) is 15.9. The lowest BCUT2D eigenvalue weighted by Crippen LogP contribution is -2.01. The van der Waals surface area contributed by atoms with E-state index in [4.69, 9.17) is 14.2 Å². The number of ether oxygens (including phenoxy) is 3. The summed E-state index contributed by atoms with van der Waals surface area (Å²) >= 11 is 0. The molecule has 0 atom stereocenters. The van der Waals surface area contributed by atoms with E-state index in [9.17, 15) is 4.79 Å². The molecule has 0 aliphatic carbocycles. The number of esters is 1. The molecular weight excluding hydrogens is 472 g/mol. The summed E-state index contributed by atoms with van der Waals surface area (Å²) in [5.74, 6) is 1.23. The maximum absolute atomic E-state index is 11.6. The molecule has 38 heavy (non-hydrogen) atoms. The molecule has 0 heterocycles. The van der Waals surface area contributed by atoms with Crippen LogP contribution in [0.4, 0.5) is 0 Å². The molecule has 0 aliphatic heterocycles. The molecule has 1 aromatic carbocycles. The van der Waals surface area contributed by atoms with Crippen LogP contribution in [0, 0.1) is 0 Å². The SMILES string of the molecule is CCCCCCCCCCCCOc1ccc(OCCCCCCCCCCCC)c(C=CC(=O)OC)c1. The Bertz CT molecular complexity index is 712. The largest absolute Gasteiger partial charge is 0.494 e. The molecule has 0 aliphatic rings. The number of benzene rings is 1. The smallest absolute Gasteiger partial charge is 0.330 e. The van der Waals surface area contributed by atoms with Gasteiger partial charge < -0.3 is 14.2 Å². The van der Waals surface area contributed by atoms with E-state index in [0.29, 0.717) is 6.61 Å². The highest BCUT2D eigenvalue weighted by Crippen LogP contribution is 2.26. The Balaban J connectivity index is 2.32. The number of hydrogen-bond acceptors (Lipinski definition) is 4. The molecule has 0 saturated heterocycles. The zero-order valence-corrected chi connectivity index (χ0v) is 25.1. The molecule has 0 unspecified atom stereocenters.